The van der Waals surface area contributed by atoms with Crippen LogP contribution >= 0.6 is 11.3 Å². The van der Waals surface area contributed by atoms with Gasteiger partial charge in [-0.2, -0.15) is 0 Å². The van der Waals surface area contributed by atoms with Gasteiger partial charge in [0.1, 0.15) is 0 Å². The monoisotopic (exact) mass is 220 g/mol. The van der Waals surface area contributed by atoms with Gasteiger partial charge in [-0.1, -0.05) is 45.4 Å². The Kier molecular flexibility index (Phi) is 5.41. The highest BCUT2D eigenvalue weighted by Crippen LogP contribution is 2.26. The van der Waals surface area contributed by atoms with Crippen LogP contribution in [0.5, 0.6) is 0 Å². The Labute approximate surface area is 96.9 Å². The molecule has 1 aromatic heterocycles. The minimum Gasteiger partial charge on any atom is -0.144 e. The Morgan fingerprint density at radius 1 is 1.13 bits per heavy atom. The van der Waals surface area contributed by atoms with Gasteiger partial charge in [0.05, 0.1) is 0 Å². The summed E-state index contributed by atoms with van der Waals surface area (Å²) >= 11 is 1.86. The highest BCUT2D eigenvalue weighted by atomic mass is 32.1. The Morgan fingerprint density at radius 2 is 1.87 bits per heavy atom. The molecule has 1 aromatic carbocycles. The molecule has 0 N–H and O–H groups in total. The van der Waals surface area contributed by atoms with Crippen LogP contribution in [0, 0.1) is 0 Å². The maximum Gasteiger partial charge on any atom is 0.0345 e. The van der Waals surface area contributed by atoms with Crippen LogP contribution < -0.4 is 0 Å². The Bertz CT molecular complexity index is 387. The predicted molar refractivity (Wildman–Crippen MR) is 71.8 cm³/mol. The molecule has 0 atom stereocenters. The van der Waals surface area contributed by atoms with Crippen LogP contribution in [0.25, 0.3) is 10.1 Å². The zero-order valence-electron chi connectivity index (χ0n) is 9.92. The second-order valence-corrected chi connectivity index (χ2v) is 4.27. The first-order valence-electron chi connectivity index (χ1n) is 5.87. The fourth-order valence-corrected chi connectivity index (χ4v) is 2.59. The lowest BCUT2D eigenvalue weighted by atomic mass is 10.1. The highest BCUT2D eigenvalue weighted by molar-refractivity contribution is 7.17. The lowest BCUT2D eigenvalue weighted by Crippen LogP contribution is -1.80. The van der Waals surface area contributed by atoms with Gasteiger partial charge in [-0.25, -0.2) is 0 Å². The molecule has 15 heavy (non-hydrogen) atoms. The minimum absolute atomic E-state index is 1.24. The lowest BCUT2D eigenvalue weighted by molar-refractivity contribution is 0.800. The summed E-state index contributed by atoms with van der Waals surface area (Å²) in [5, 5.41) is 3.77. The quantitative estimate of drug-likeness (QED) is 0.661. The second-order valence-electron chi connectivity index (χ2n) is 3.36. The molecule has 0 nitrogen and oxygen atoms in total. The van der Waals surface area contributed by atoms with E-state index in [-0.39, 0.29) is 0 Å². The van der Waals surface area contributed by atoms with Crippen molar-refractivity contribution >= 4 is 21.4 Å². The van der Waals surface area contributed by atoms with Crippen molar-refractivity contribution in [2.45, 2.75) is 40.0 Å². The van der Waals surface area contributed by atoms with Gasteiger partial charge in [0.2, 0.25) is 0 Å². The Hall–Kier alpha value is -0.820. The van der Waals surface area contributed by atoms with Gasteiger partial charge in [-0.15, -0.1) is 11.3 Å². The van der Waals surface area contributed by atoms with Crippen LogP contribution in [0.4, 0.5) is 0 Å². The van der Waals surface area contributed by atoms with Crippen LogP contribution in [-0.4, -0.2) is 0 Å². The summed E-state index contributed by atoms with van der Waals surface area (Å²) in [5.41, 5.74) is 1.53. The van der Waals surface area contributed by atoms with E-state index < -0.39 is 0 Å². The number of fused-ring (bicyclic) bond motifs is 1. The number of unbranched alkanes of at least 4 members (excludes halogenated alkanes) is 1. The van der Waals surface area contributed by atoms with Gasteiger partial charge in [0.25, 0.3) is 0 Å². The number of benzene rings is 1. The van der Waals surface area contributed by atoms with Crippen molar-refractivity contribution in [3.63, 3.8) is 0 Å². The molecule has 0 unspecified atom stereocenters. The maximum absolute atomic E-state index is 2.31. The molecule has 0 saturated carbocycles. The molecule has 0 radical (unpaired) electrons. The van der Waals surface area contributed by atoms with Gasteiger partial charge < -0.3 is 0 Å². The SMILES string of the molecule is CC.CCCCc1csc2ccccc12. The van der Waals surface area contributed by atoms with Gasteiger partial charge in [-0.05, 0) is 35.2 Å². The second kappa shape index (κ2) is 6.62. The van der Waals surface area contributed by atoms with Crippen LogP contribution in [-0.2, 0) is 6.42 Å². The molecule has 0 spiro atoms. The highest BCUT2D eigenvalue weighted by Gasteiger charge is 2.01. The van der Waals surface area contributed by atoms with Crippen LogP contribution in [0.2, 0.25) is 0 Å². The molecule has 82 valence electrons. The molecule has 0 bridgehead atoms. The average Bonchev–Trinajstić information content (AvgIpc) is 2.72. The zero-order chi connectivity index (χ0) is 11.1. The summed E-state index contributed by atoms with van der Waals surface area (Å²) in [6, 6.07) is 8.68. The topological polar surface area (TPSA) is 0 Å². The number of hydrogen-bond acceptors (Lipinski definition) is 1. The van der Waals surface area contributed by atoms with Gasteiger partial charge in [0.15, 0.2) is 0 Å². The van der Waals surface area contributed by atoms with E-state index in [1.54, 1.807) is 0 Å². The van der Waals surface area contributed by atoms with Crippen LogP contribution in [0.3, 0.4) is 0 Å². The van der Waals surface area contributed by atoms with E-state index >= 15 is 0 Å². The van der Waals surface area contributed by atoms with Crippen molar-refractivity contribution in [3.05, 3.63) is 35.2 Å². The third-order valence-electron chi connectivity index (χ3n) is 2.36. The van der Waals surface area contributed by atoms with Crippen molar-refractivity contribution < 1.29 is 0 Å². The molecule has 0 amide bonds. The molecule has 0 saturated heterocycles. The molecule has 1 heterocycles. The molecular weight excluding hydrogens is 200 g/mol. The first-order chi connectivity index (χ1) is 7.42. The fourth-order valence-electron chi connectivity index (χ4n) is 1.59. The standard InChI is InChI=1S/C12H14S.C2H6/c1-2-3-6-10-9-13-12-8-5-4-7-11(10)12;1-2/h4-5,7-9H,2-3,6H2,1H3;1-2H3. The van der Waals surface area contributed by atoms with Crippen molar-refractivity contribution in [2.24, 2.45) is 0 Å². The summed E-state index contributed by atoms with van der Waals surface area (Å²) in [7, 11) is 0. The summed E-state index contributed by atoms with van der Waals surface area (Å²) in [5.74, 6) is 0. The predicted octanol–water partition coefficient (Wildman–Crippen LogP) is 5.27. The third-order valence-corrected chi connectivity index (χ3v) is 3.37. The summed E-state index contributed by atoms with van der Waals surface area (Å²) < 4.78 is 1.42. The lowest BCUT2D eigenvalue weighted by Gasteiger charge is -1.96. The summed E-state index contributed by atoms with van der Waals surface area (Å²) in [6.45, 7) is 6.24. The molecule has 1 heteroatoms. The molecular formula is C14H20S. The molecule has 0 fully saturated rings. The van der Waals surface area contributed by atoms with Gasteiger partial charge in [-0.3, -0.25) is 0 Å². The smallest absolute Gasteiger partial charge is 0.0345 e. The number of hydrogen-bond donors (Lipinski definition) is 0. The normalized spacial score (nSPS) is 9.80. The van der Waals surface area contributed by atoms with E-state index in [1.807, 2.05) is 25.2 Å². The van der Waals surface area contributed by atoms with Crippen molar-refractivity contribution in [1.82, 2.24) is 0 Å². The number of aryl methyl sites for hydroxylation is 1. The Morgan fingerprint density at radius 3 is 2.60 bits per heavy atom. The van der Waals surface area contributed by atoms with E-state index in [9.17, 15) is 0 Å². The van der Waals surface area contributed by atoms with Gasteiger partial charge in [0, 0.05) is 4.70 Å². The third kappa shape index (κ3) is 3.07. The average molecular weight is 220 g/mol. The van der Waals surface area contributed by atoms with Crippen molar-refractivity contribution in [3.8, 4) is 0 Å². The first-order valence-corrected chi connectivity index (χ1v) is 6.75. The molecule has 2 aromatic rings. The van der Waals surface area contributed by atoms with E-state index in [2.05, 4.69) is 36.6 Å². The minimum atomic E-state index is 1.24. The summed E-state index contributed by atoms with van der Waals surface area (Å²) in [6.07, 6.45) is 3.82. The molecule has 0 aliphatic carbocycles. The van der Waals surface area contributed by atoms with Crippen molar-refractivity contribution in [2.75, 3.05) is 0 Å². The van der Waals surface area contributed by atoms with Gasteiger partial charge >= 0.3 is 0 Å². The first kappa shape index (κ1) is 12.3. The zero-order valence-corrected chi connectivity index (χ0v) is 10.7. The van der Waals surface area contributed by atoms with E-state index in [4.69, 9.17) is 0 Å². The van der Waals surface area contributed by atoms with Crippen LogP contribution in [0.1, 0.15) is 39.2 Å². The maximum atomic E-state index is 2.31. The largest absolute Gasteiger partial charge is 0.144 e. The fraction of sp³-hybridized carbons (Fsp3) is 0.429. The molecule has 2 rings (SSSR count). The molecule has 0 aliphatic heterocycles. The Balaban J connectivity index is 0.000000531. The molecule has 0 aliphatic rings. The number of thiophene rings is 1. The van der Waals surface area contributed by atoms with E-state index in [0.29, 0.717) is 0 Å². The van der Waals surface area contributed by atoms with E-state index in [1.165, 1.54) is 34.9 Å². The summed E-state index contributed by atoms with van der Waals surface area (Å²) in [4.78, 5) is 0. The number of rotatable bonds is 3. The van der Waals surface area contributed by atoms with Crippen LogP contribution in [0.15, 0.2) is 29.6 Å². The van der Waals surface area contributed by atoms with E-state index in [0.717, 1.165) is 0 Å². The van der Waals surface area contributed by atoms with Crippen molar-refractivity contribution in [1.29, 1.82) is 0 Å².